The monoisotopic (exact) mass is 324 g/mol. The van der Waals surface area contributed by atoms with Crippen LogP contribution in [0.4, 0.5) is 0 Å². The first-order valence-corrected chi connectivity index (χ1v) is 8.16. The highest BCUT2D eigenvalue weighted by Gasteiger charge is 2.03. The predicted molar refractivity (Wildman–Crippen MR) is 96.2 cm³/mol. The van der Waals surface area contributed by atoms with Crippen molar-refractivity contribution in [2.75, 3.05) is 6.61 Å². The van der Waals surface area contributed by atoms with Gasteiger partial charge < -0.3 is 9.47 Å². The molecule has 3 nitrogen and oxygen atoms in total. The second kappa shape index (κ2) is 8.92. The van der Waals surface area contributed by atoms with E-state index in [1.165, 1.54) is 17.2 Å². The average molecular weight is 324 g/mol. The molecule has 0 saturated carbocycles. The van der Waals surface area contributed by atoms with E-state index in [0.29, 0.717) is 6.61 Å². The van der Waals surface area contributed by atoms with E-state index in [4.69, 9.17) is 9.47 Å². The van der Waals surface area contributed by atoms with E-state index in [9.17, 15) is 4.79 Å². The summed E-state index contributed by atoms with van der Waals surface area (Å²) in [5.41, 5.74) is 3.35. The minimum absolute atomic E-state index is 0.111. The van der Waals surface area contributed by atoms with E-state index in [2.05, 4.69) is 24.3 Å². The maximum absolute atomic E-state index is 11.5. The van der Waals surface area contributed by atoms with Crippen LogP contribution in [-0.2, 0) is 16.0 Å². The third-order valence-electron chi connectivity index (χ3n) is 3.36. The third-order valence-corrected chi connectivity index (χ3v) is 3.36. The highest BCUT2D eigenvalue weighted by molar-refractivity contribution is 5.82. The van der Waals surface area contributed by atoms with Gasteiger partial charge in [-0.3, -0.25) is 0 Å². The molecule has 0 aliphatic carbocycles. The zero-order valence-electron chi connectivity index (χ0n) is 14.5. The van der Waals surface area contributed by atoms with Gasteiger partial charge in [-0.05, 0) is 56.0 Å². The van der Waals surface area contributed by atoms with Crippen molar-refractivity contribution in [2.45, 2.75) is 33.3 Å². The number of esters is 1. The SMILES string of the molecule is C/C(=C/C(=O)OC(C)C)COc1ccc(Cc2ccccc2)cc1. The van der Waals surface area contributed by atoms with Crippen LogP contribution >= 0.6 is 0 Å². The lowest BCUT2D eigenvalue weighted by Crippen LogP contribution is -2.10. The van der Waals surface area contributed by atoms with Crippen LogP contribution in [0.15, 0.2) is 66.2 Å². The van der Waals surface area contributed by atoms with Gasteiger partial charge in [-0.2, -0.15) is 0 Å². The van der Waals surface area contributed by atoms with Gasteiger partial charge in [-0.15, -0.1) is 0 Å². The zero-order valence-corrected chi connectivity index (χ0v) is 14.5. The van der Waals surface area contributed by atoms with E-state index in [0.717, 1.165) is 17.7 Å². The maximum atomic E-state index is 11.5. The molecule has 0 amide bonds. The lowest BCUT2D eigenvalue weighted by Gasteiger charge is -2.09. The van der Waals surface area contributed by atoms with Gasteiger partial charge in [0.25, 0.3) is 0 Å². The Hall–Kier alpha value is -2.55. The number of carbonyl (C=O) groups excluding carboxylic acids is 1. The predicted octanol–water partition coefficient (Wildman–Crippen LogP) is 4.55. The Morgan fingerprint density at radius 3 is 2.25 bits per heavy atom. The highest BCUT2D eigenvalue weighted by atomic mass is 16.5. The van der Waals surface area contributed by atoms with Crippen LogP contribution in [-0.4, -0.2) is 18.7 Å². The molecule has 0 atom stereocenters. The van der Waals surface area contributed by atoms with E-state index in [1.54, 1.807) is 0 Å². The normalized spacial score (nSPS) is 11.4. The summed E-state index contributed by atoms with van der Waals surface area (Å²) in [5, 5.41) is 0. The van der Waals surface area contributed by atoms with Gasteiger partial charge >= 0.3 is 5.97 Å². The third kappa shape index (κ3) is 6.29. The van der Waals surface area contributed by atoms with Crippen LogP contribution in [0.5, 0.6) is 5.75 Å². The van der Waals surface area contributed by atoms with Gasteiger partial charge in [0.1, 0.15) is 12.4 Å². The molecular weight excluding hydrogens is 300 g/mol. The zero-order chi connectivity index (χ0) is 17.4. The van der Waals surface area contributed by atoms with Gasteiger partial charge in [-0.1, -0.05) is 42.5 Å². The lowest BCUT2D eigenvalue weighted by atomic mass is 10.1. The smallest absolute Gasteiger partial charge is 0.331 e. The topological polar surface area (TPSA) is 35.5 Å². The van der Waals surface area contributed by atoms with Gasteiger partial charge in [0.05, 0.1) is 6.10 Å². The van der Waals surface area contributed by atoms with Crippen molar-refractivity contribution in [3.63, 3.8) is 0 Å². The summed E-state index contributed by atoms with van der Waals surface area (Å²) in [4.78, 5) is 11.5. The summed E-state index contributed by atoms with van der Waals surface area (Å²) in [6, 6.07) is 18.4. The Balaban J connectivity index is 1.85. The van der Waals surface area contributed by atoms with Crippen LogP contribution in [0.2, 0.25) is 0 Å². The molecule has 0 aliphatic heterocycles. The number of ether oxygens (including phenoxy) is 2. The molecule has 0 N–H and O–H groups in total. The number of rotatable bonds is 7. The van der Waals surface area contributed by atoms with Crippen LogP contribution in [0.1, 0.15) is 31.9 Å². The Bertz CT molecular complexity index is 670. The fourth-order valence-electron chi connectivity index (χ4n) is 2.24. The number of hydrogen-bond donors (Lipinski definition) is 0. The van der Waals surface area contributed by atoms with Crippen molar-refractivity contribution in [1.29, 1.82) is 0 Å². The summed E-state index contributed by atoms with van der Waals surface area (Å²) in [7, 11) is 0. The molecule has 0 spiro atoms. The van der Waals surface area contributed by atoms with Crippen LogP contribution in [0, 0.1) is 0 Å². The van der Waals surface area contributed by atoms with Crippen LogP contribution in [0.25, 0.3) is 0 Å². The summed E-state index contributed by atoms with van der Waals surface area (Å²) in [5.74, 6) is 0.459. The minimum atomic E-state index is -0.329. The van der Waals surface area contributed by atoms with E-state index in [1.807, 2.05) is 51.1 Å². The van der Waals surface area contributed by atoms with Crippen LogP contribution in [0.3, 0.4) is 0 Å². The fourth-order valence-corrected chi connectivity index (χ4v) is 2.24. The van der Waals surface area contributed by atoms with E-state index < -0.39 is 0 Å². The van der Waals surface area contributed by atoms with E-state index in [-0.39, 0.29) is 12.1 Å². The quantitative estimate of drug-likeness (QED) is 0.553. The van der Waals surface area contributed by atoms with Gasteiger partial charge in [0.2, 0.25) is 0 Å². The highest BCUT2D eigenvalue weighted by Crippen LogP contribution is 2.16. The van der Waals surface area contributed by atoms with Crippen LogP contribution < -0.4 is 4.74 Å². The van der Waals surface area contributed by atoms with Crippen molar-refractivity contribution >= 4 is 5.97 Å². The molecule has 2 rings (SSSR count). The molecule has 0 bridgehead atoms. The fraction of sp³-hybridized carbons (Fsp3) is 0.286. The molecule has 0 aliphatic rings. The first-order chi connectivity index (χ1) is 11.5. The molecule has 0 fully saturated rings. The molecule has 3 heteroatoms. The lowest BCUT2D eigenvalue weighted by molar-refractivity contribution is -0.141. The molecule has 126 valence electrons. The number of hydrogen-bond acceptors (Lipinski definition) is 3. The molecule has 2 aromatic rings. The Labute approximate surface area is 143 Å². The summed E-state index contributed by atoms with van der Waals surface area (Å²) in [6.07, 6.45) is 2.27. The first-order valence-electron chi connectivity index (χ1n) is 8.16. The van der Waals surface area contributed by atoms with Crippen molar-refractivity contribution in [3.05, 3.63) is 77.4 Å². The summed E-state index contributed by atoms with van der Waals surface area (Å²) >= 11 is 0. The molecule has 0 aromatic heterocycles. The Kier molecular flexibility index (Phi) is 6.62. The average Bonchev–Trinajstić information content (AvgIpc) is 2.54. The second-order valence-corrected chi connectivity index (χ2v) is 6.07. The first kappa shape index (κ1) is 17.8. The molecule has 24 heavy (non-hydrogen) atoms. The van der Waals surface area contributed by atoms with Crippen molar-refractivity contribution in [3.8, 4) is 5.75 Å². The second-order valence-electron chi connectivity index (χ2n) is 6.07. The number of carbonyl (C=O) groups is 1. The maximum Gasteiger partial charge on any atom is 0.331 e. The summed E-state index contributed by atoms with van der Waals surface area (Å²) in [6.45, 7) is 5.87. The molecule has 0 radical (unpaired) electrons. The molecule has 0 unspecified atom stereocenters. The van der Waals surface area contributed by atoms with Gasteiger partial charge in [0, 0.05) is 6.08 Å². The van der Waals surface area contributed by atoms with Crippen molar-refractivity contribution < 1.29 is 14.3 Å². The number of benzene rings is 2. The largest absolute Gasteiger partial charge is 0.489 e. The minimum Gasteiger partial charge on any atom is -0.489 e. The molecule has 0 heterocycles. The van der Waals surface area contributed by atoms with Gasteiger partial charge in [-0.25, -0.2) is 4.79 Å². The Morgan fingerprint density at radius 2 is 1.62 bits per heavy atom. The van der Waals surface area contributed by atoms with Crippen molar-refractivity contribution in [1.82, 2.24) is 0 Å². The molecule has 0 saturated heterocycles. The molecule has 2 aromatic carbocycles. The van der Waals surface area contributed by atoms with Crippen molar-refractivity contribution in [2.24, 2.45) is 0 Å². The van der Waals surface area contributed by atoms with Gasteiger partial charge in [0.15, 0.2) is 0 Å². The molecular formula is C21H24O3. The standard InChI is InChI=1S/C21H24O3/c1-16(2)24-21(22)13-17(3)15-23-20-11-9-19(10-12-20)14-18-7-5-4-6-8-18/h4-13,16H,14-15H2,1-3H3/b17-13-. The summed E-state index contributed by atoms with van der Waals surface area (Å²) < 4.78 is 10.8. The van der Waals surface area contributed by atoms with E-state index >= 15 is 0 Å². The Morgan fingerprint density at radius 1 is 1.00 bits per heavy atom.